The fourth-order valence-electron chi connectivity index (χ4n) is 2.25. The van der Waals surface area contributed by atoms with E-state index in [0.29, 0.717) is 11.5 Å². The summed E-state index contributed by atoms with van der Waals surface area (Å²) in [6.45, 7) is 2.05. The quantitative estimate of drug-likeness (QED) is 0.556. The largest absolute Gasteiger partial charge is 0.329 e. The summed E-state index contributed by atoms with van der Waals surface area (Å²) >= 11 is 0. The molecule has 2 rings (SSSR count). The highest BCUT2D eigenvalue weighted by atomic mass is 15.0. The minimum absolute atomic E-state index is 0.625. The summed E-state index contributed by atoms with van der Waals surface area (Å²) in [5.74, 6) is 0. The molecule has 2 nitrogen and oxygen atoms in total. The normalized spacial score (nSPS) is 36.3. The lowest BCUT2D eigenvalue weighted by Crippen LogP contribution is -2.31. The van der Waals surface area contributed by atoms with Crippen molar-refractivity contribution in [2.45, 2.75) is 31.7 Å². The van der Waals surface area contributed by atoms with Crippen LogP contribution in [0.25, 0.3) is 0 Å². The summed E-state index contributed by atoms with van der Waals surface area (Å²) in [6, 6.07) is 0.625. The van der Waals surface area contributed by atoms with E-state index in [1.54, 1.807) is 0 Å². The molecule has 0 aromatic carbocycles. The van der Waals surface area contributed by atoms with Gasteiger partial charge in [-0.15, -0.1) is 0 Å². The first-order chi connectivity index (χ1) is 4.85. The molecule has 1 saturated heterocycles. The third-order valence-corrected chi connectivity index (χ3v) is 3.14. The molecule has 0 bridgehead atoms. The van der Waals surface area contributed by atoms with Crippen molar-refractivity contribution < 1.29 is 0 Å². The molecule has 58 valence electrons. The van der Waals surface area contributed by atoms with Gasteiger partial charge in [-0.05, 0) is 24.7 Å². The molecule has 0 aromatic heterocycles. The van der Waals surface area contributed by atoms with Crippen LogP contribution in [0, 0.1) is 5.41 Å². The highest BCUT2D eigenvalue weighted by Crippen LogP contribution is 2.46. The van der Waals surface area contributed by atoms with Gasteiger partial charge in [0.05, 0.1) is 0 Å². The first kappa shape index (κ1) is 6.62. The van der Waals surface area contributed by atoms with Crippen LogP contribution in [-0.4, -0.2) is 19.1 Å². The van der Waals surface area contributed by atoms with Crippen molar-refractivity contribution in [3.05, 3.63) is 0 Å². The van der Waals surface area contributed by atoms with Crippen LogP contribution in [-0.2, 0) is 0 Å². The molecule has 2 heteroatoms. The Bertz CT molecular complexity index is 129. The van der Waals surface area contributed by atoms with E-state index < -0.39 is 0 Å². The van der Waals surface area contributed by atoms with Crippen LogP contribution < -0.4 is 11.1 Å². The molecule has 1 unspecified atom stereocenters. The molecule has 3 N–H and O–H groups in total. The molecule has 1 atom stereocenters. The van der Waals surface area contributed by atoms with Gasteiger partial charge in [-0.3, -0.25) is 0 Å². The molecule has 1 aliphatic carbocycles. The Morgan fingerprint density at radius 1 is 1.50 bits per heavy atom. The molecule has 0 radical (unpaired) electrons. The molecule has 2 aliphatic rings. The van der Waals surface area contributed by atoms with Gasteiger partial charge in [0.2, 0.25) is 0 Å². The van der Waals surface area contributed by atoms with E-state index >= 15 is 0 Å². The van der Waals surface area contributed by atoms with Gasteiger partial charge in [0.15, 0.2) is 0 Å². The number of nitrogens with two attached hydrogens (primary N) is 1. The Balaban J connectivity index is 1.92. The molecule has 0 aromatic rings. The lowest BCUT2D eigenvalue weighted by molar-refractivity contribution is 0.159. The Labute approximate surface area is 62.2 Å². The smallest absolute Gasteiger partial charge is 0.0196 e. The lowest BCUT2D eigenvalue weighted by atomic mass is 9.67. The maximum Gasteiger partial charge on any atom is 0.0196 e. The monoisotopic (exact) mass is 140 g/mol. The predicted molar refractivity (Wildman–Crippen MR) is 41.7 cm³/mol. The van der Waals surface area contributed by atoms with Crippen molar-refractivity contribution in [1.29, 1.82) is 0 Å². The standard InChI is InChI=1S/C8H16N2/c9-5-7-4-8(6-10-7)2-1-3-8/h7,10H,1-6,9H2. The Kier molecular flexibility index (Phi) is 1.46. The summed E-state index contributed by atoms with van der Waals surface area (Å²) in [5, 5.41) is 3.47. The van der Waals surface area contributed by atoms with Crippen molar-refractivity contribution in [3.63, 3.8) is 0 Å². The van der Waals surface area contributed by atoms with Gasteiger partial charge >= 0.3 is 0 Å². The van der Waals surface area contributed by atoms with E-state index in [0.717, 1.165) is 6.54 Å². The zero-order chi connectivity index (χ0) is 7.03. The summed E-state index contributed by atoms with van der Waals surface area (Å²) in [4.78, 5) is 0. The molecule has 0 amide bonds. The summed E-state index contributed by atoms with van der Waals surface area (Å²) in [6.07, 6.45) is 5.66. The molecular weight excluding hydrogens is 124 g/mol. The Hall–Kier alpha value is -0.0800. The maximum atomic E-state index is 5.57. The van der Waals surface area contributed by atoms with Crippen molar-refractivity contribution >= 4 is 0 Å². The van der Waals surface area contributed by atoms with Gasteiger partial charge in [-0.25, -0.2) is 0 Å². The second-order valence-corrected chi connectivity index (χ2v) is 3.87. The van der Waals surface area contributed by atoms with Gasteiger partial charge in [0.1, 0.15) is 0 Å². The minimum atomic E-state index is 0.625. The second-order valence-electron chi connectivity index (χ2n) is 3.87. The second kappa shape index (κ2) is 2.21. The minimum Gasteiger partial charge on any atom is -0.329 e. The van der Waals surface area contributed by atoms with Gasteiger partial charge in [-0.1, -0.05) is 6.42 Å². The number of hydrogen-bond donors (Lipinski definition) is 2. The van der Waals surface area contributed by atoms with E-state index in [9.17, 15) is 0 Å². The van der Waals surface area contributed by atoms with E-state index in [2.05, 4.69) is 5.32 Å². The van der Waals surface area contributed by atoms with E-state index in [-0.39, 0.29) is 0 Å². The third-order valence-electron chi connectivity index (χ3n) is 3.14. The van der Waals surface area contributed by atoms with Gasteiger partial charge < -0.3 is 11.1 Å². The molecule has 2 fully saturated rings. The Morgan fingerprint density at radius 2 is 2.30 bits per heavy atom. The van der Waals surface area contributed by atoms with Crippen LogP contribution in [0.15, 0.2) is 0 Å². The maximum absolute atomic E-state index is 5.57. The molecule has 1 aliphatic heterocycles. The van der Waals surface area contributed by atoms with Gasteiger partial charge in [0.25, 0.3) is 0 Å². The average molecular weight is 140 g/mol. The molecule has 1 spiro atoms. The topological polar surface area (TPSA) is 38.0 Å². The predicted octanol–water partition coefficient (Wildman–Crippen LogP) is 0.477. The number of nitrogens with one attached hydrogen (secondary N) is 1. The molecule has 1 heterocycles. The number of hydrogen-bond acceptors (Lipinski definition) is 2. The van der Waals surface area contributed by atoms with E-state index in [4.69, 9.17) is 5.73 Å². The number of rotatable bonds is 1. The molecule has 10 heavy (non-hydrogen) atoms. The van der Waals surface area contributed by atoms with Crippen LogP contribution >= 0.6 is 0 Å². The van der Waals surface area contributed by atoms with Crippen LogP contribution in [0.2, 0.25) is 0 Å². The third kappa shape index (κ3) is 0.867. The van der Waals surface area contributed by atoms with Crippen LogP contribution in [0.3, 0.4) is 0 Å². The summed E-state index contributed by atoms with van der Waals surface area (Å²) in [5.41, 5.74) is 6.27. The zero-order valence-corrected chi connectivity index (χ0v) is 6.40. The van der Waals surface area contributed by atoms with Crippen LogP contribution in [0.1, 0.15) is 25.7 Å². The molecular formula is C8H16N2. The van der Waals surface area contributed by atoms with Crippen molar-refractivity contribution in [3.8, 4) is 0 Å². The SMILES string of the molecule is NCC1CC2(CCC2)CN1. The van der Waals surface area contributed by atoms with Crippen LogP contribution in [0.5, 0.6) is 0 Å². The van der Waals surface area contributed by atoms with E-state index in [1.165, 1.54) is 32.2 Å². The first-order valence-electron chi connectivity index (χ1n) is 4.28. The first-order valence-corrected chi connectivity index (χ1v) is 4.28. The van der Waals surface area contributed by atoms with Crippen molar-refractivity contribution in [1.82, 2.24) is 5.32 Å². The van der Waals surface area contributed by atoms with E-state index in [1.807, 2.05) is 0 Å². The van der Waals surface area contributed by atoms with Gasteiger partial charge in [-0.2, -0.15) is 0 Å². The summed E-state index contributed by atoms with van der Waals surface area (Å²) in [7, 11) is 0. The van der Waals surface area contributed by atoms with Crippen molar-refractivity contribution in [2.75, 3.05) is 13.1 Å². The summed E-state index contributed by atoms with van der Waals surface area (Å²) < 4.78 is 0. The Morgan fingerprint density at radius 3 is 2.60 bits per heavy atom. The fraction of sp³-hybridized carbons (Fsp3) is 1.00. The molecule has 1 saturated carbocycles. The average Bonchev–Trinajstić information content (AvgIpc) is 2.29. The van der Waals surface area contributed by atoms with Crippen LogP contribution in [0.4, 0.5) is 0 Å². The van der Waals surface area contributed by atoms with Crippen molar-refractivity contribution in [2.24, 2.45) is 11.1 Å². The lowest BCUT2D eigenvalue weighted by Gasteiger charge is -2.37. The highest BCUT2D eigenvalue weighted by molar-refractivity contribution is 4.98. The van der Waals surface area contributed by atoms with Gasteiger partial charge in [0, 0.05) is 19.1 Å². The highest BCUT2D eigenvalue weighted by Gasteiger charge is 2.42. The fourth-order valence-corrected chi connectivity index (χ4v) is 2.25. The zero-order valence-electron chi connectivity index (χ0n) is 6.40.